The van der Waals surface area contributed by atoms with Gasteiger partial charge >= 0.3 is 6.09 Å². The average Bonchev–Trinajstić information content (AvgIpc) is 3.01. The molecule has 0 atom stereocenters. The highest BCUT2D eigenvalue weighted by Crippen LogP contribution is 2.25. The monoisotopic (exact) mass is 362 g/mol. The number of carbonyl (C=O) groups is 1. The lowest BCUT2D eigenvalue weighted by Crippen LogP contribution is -2.23. The van der Waals surface area contributed by atoms with Crippen molar-refractivity contribution in [1.82, 2.24) is 0 Å². The molecule has 0 unspecified atom stereocenters. The standard InChI is InChI=1S/C17H18N2O5S/c1-12-11-15(23-2)7-8-16(12)25(21,22)18-13-3-5-14(6-4-13)19-9-10-24-17(19)20/h3-8,11,18H,9-10H2,1-2H3. The van der Waals surface area contributed by atoms with Crippen molar-refractivity contribution in [2.24, 2.45) is 0 Å². The Labute approximate surface area is 146 Å². The van der Waals surface area contributed by atoms with Crippen molar-refractivity contribution in [3.8, 4) is 5.75 Å². The molecule has 0 saturated carbocycles. The van der Waals surface area contributed by atoms with E-state index in [1.165, 1.54) is 18.1 Å². The highest BCUT2D eigenvalue weighted by molar-refractivity contribution is 7.92. The molecule has 1 saturated heterocycles. The minimum absolute atomic E-state index is 0.181. The lowest BCUT2D eigenvalue weighted by molar-refractivity contribution is 0.181. The fourth-order valence-corrected chi connectivity index (χ4v) is 3.88. The van der Waals surface area contributed by atoms with Crippen molar-refractivity contribution in [2.75, 3.05) is 29.9 Å². The van der Waals surface area contributed by atoms with Crippen LogP contribution in [0, 0.1) is 6.92 Å². The summed E-state index contributed by atoms with van der Waals surface area (Å²) in [5.41, 5.74) is 1.65. The normalized spacial score (nSPS) is 14.3. The Kier molecular flexibility index (Phi) is 4.54. The highest BCUT2D eigenvalue weighted by Gasteiger charge is 2.23. The molecule has 0 radical (unpaired) electrons. The van der Waals surface area contributed by atoms with E-state index in [2.05, 4.69) is 4.72 Å². The van der Waals surface area contributed by atoms with Gasteiger partial charge in [-0.2, -0.15) is 0 Å². The number of anilines is 2. The molecule has 1 fully saturated rings. The molecule has 132 valence electrons. The number of rotatable bonds is 5. The Morgan fingerprint density at radius 2 is 1.88 bits per heavy atom. The third-order valence-corrected chi connectivity index (χ3v) is 5.41. The van der Waals surface area contributed by atoms with Gasteiger partial charge in [0.1, 0.15) is 12.4 Å². The number of ether oxygens (including phenoxy) is 2. The van der Waals surface area contributed by atoms with Crippen LogP contribution in [-0.2, 0) is 14.8 Å². The number of cyclic esters (lactones) is 1. The van der Waals surface area contributed by atoms with Crippen LogP contribution in [-0.4, -0.2) is 34.8 Å². The molecule has 3 rings (SSSR count). The second kappa shape index (κ2) is 6.64. The van der Waals surface area contributed by atoms with Crippen LogP contribution in [0.4, 0.5) is 16.2 Å². The summed E-state index contributed by atoms with van der Waals surface area (Å²) in [5, 5.41) is 0. The Balaban J connectivity index is 1.80. The lowest BCUT2D eigenvalue weighted by atomic mass is 10.2. The molecule has 0 aliphatic carbocycles. The summed E-state index contributed by atoms with van der Waals surface area (Å²) in [4.78, 5) is 13.2. The number of amides is 1. The van der Waals surface area contributed by atoms with Crippen molar-refractivity contribution >= 4 is 27.5 Å². The van der Waals surface area contributed by atoms with Gasteiger partial charge < -0.3 is 9.47 Å². The molecular weight excluding hydrogens is 344 g/mol. The van der Waals surface area contributed by atoms with Gasteiger partial charge in [-0.25, -0.2) is 13.2 Å². The Morgan fingerprint density at radius 3 is 2.44 bits per heavy atom. The fourth-order valence-electron chi connectivity index (χ4n) is 2.60. The third-order valence-electron chi connectivity index (χ3n) is 3.86. The first-order valence-electron chi connectivity index (χ1n) is 7.62. The minimum Gasteiger partial charge on any atom is -0.497 e. The van der Waals surface area contributed by atoms with Crippen LogP contribution in [0.3, 0.4) is 0 Å². The Hall–Kier alpha value is -2.74. The largest absolute Gasteiger partial charge is 0.497 e. The number of aryl methyl sites for hydroxylation is 1. The average molecular weight is 362 g/mol. The first kappa shape index (κ1) is 17.1. The quantitative estimate of drug-likeness (QED) is 0.884. The molecule has 1 amide bonds. The van der Waals surface area contributed by atoms with E-state index in [0.717, 1.165) is 0 Å². The fraction of sp³-hybridized carbons (Fsp3) is 0.235. The van der Waals surface area contributed by atoms with Crippen molar-refractivity contribution in [3.63, 3.8) is 0 Å². The molecule has 25 heavy (non-hydrogen) atoms. The number of hydrogen-bond acceptors (Lipinski definition) is 5. The third kappa shape index (κ3) is 3.53. The molecule has 8 heteroatoms. The van der Waals surface area contributed by atoms with E-state index < -0.39 is 16.1 Å². The maximum Gasteiger partial charge on any atom is 0.414 e. The molecule has 2 aromatic rings. The first-order valence-corrected chi connectivity index (χ1v) is 9.11. The number of benzene rings is 2. The van der Waals surface area contributed by atoms with Gasteiger partial charge in [-0.15, -0.1) is 0 Å². The smallest absolute Gasteiger partial charge is 0.414 e. The van der Waals surface area contributed by atoms with Gasteiger partial charge in [0, 0.05) is 11.4 Å². The van der Waals surface area contributed by atoms with Crippen LogP contribution >= 0.6 is 0 Å². The van der Waals surface area contributed by atoms with Gasteiger partial charge in [0.25, 0.3) is 10.0 Å². The highest BCUT2D eigenvalue weighted by atomic mass is 32.2. The summed E-state index contributed by atoms with van der Waals surface area (Å²) in [6.45, 7) is 2.54. The zero-order valence-corrected chi connectivity index (χ0v) is 14.7. The van der Waals surface area contributed by atoms with Gasteiger partial charge in [-0.1, -0.05) is 0 Å². The van der Waals surface area contributed by atoms with Crippen LogP contribution in [0.2, 0.25) is 0 Å². The first-order chi connectivity index (χ1) is 11.9. The maximum absolute atomic E-state index is 12.6. The molecular formula is C17H18N2O5S. The molecule has 1 N–H and O–H groups in total. The number of nitrogens with zero attached hydrogens (tertiary/aromatic N) is 1. The molecule has 1 aliphatic heterocycles. The maximum atomic E-state index is 12.6. The van der Waals surface area contributed by atoms with E-state index in [-0.39, 0.29) is 4.90 Å². The van der Waals surface area contributed by atoms with E-state index in [1.807, 2.05) is 0 Å². The van der Waals surface area contributed by atoms with Crippen molar-refractivity contribution in [3.05, 3.63) is 48.0 Å². The number of sulfonamides is 1. The van der Waals surface area contributed by atoms with Crippen LogP contribution in [0.1, 0.15) is 5.56 Å². The van der Waals surface area contributed by atoms with Crippen LogP contribution in [0.25, 0.3) is 0 Å². The number of methoxy groups -OCH3 is 1. The van der Waals surface area contributed by atoms with E-state index in [0.29, 0.717) is 35.8 Å². The zero-order valence-electron chi connectivity index (χ0n) is 13.9. The summed E-state index contributed by atoms with van der Waals surface area (Å²) in [6, 6.07) is 11.3. The van der Waals surface area contributed by atoms with E-state index in [1.54, 1.807) is 43.3 Å². The number of hydrogen-bond donors (Lipinski definition) is 1. The lowest BCUT2D eigenvalue weighted by Gasteiger charge is -2.14. The van der Waals surface area contributed by atoms with Gasteiger partial charge in [0.2, 0.25) is 0 Å². The van der Waals surface area contributed by atoms with Gasteiger partial charge in [0.05, 0.1) is 18.6 Å². The second-order valence-corrected chi connectivity index (χ2v) is 7.20. The van der Waals surface area contributed by atoms with Crippen molar-refractivity contribution in [2.45, 2.75) is 11.8 Å². The molecule has 0 aromatic heterocycles. The predicted octanol–water partition coefficient (Wildman–Crippen LogP) is 2.76. The number of carbonyl (C=O) groups excluding carboxylic acids is 1. The topological polar surface area (TPSA) is 84.9 Å². The Morgan fingerprint density at radius 1 is 1.16 bits per heavy atom. The molecule has 0 bridgehead atoms. The summed E-state index contributed by atoms with van der Waals surface area (Å²) in [7, 11) is -2.20. The molecule has 0 spiro atoms. The van der Waals surface area contributed by atoms with Crippen molar-refractivity contribution < 1.29 is 22.7 Å². The summed E-state index contributed by atoms with van der Waals surface area (Å²) in [6.07, 6.45) is -0.401. The van der Waals surface area contributed by atoms with Crippen LogP contribution < -0.4 is 14.4 Å². The Bertz CT molecular complexity index is 894. The van der Waals surface area contributed by atoms with Gasteiger partial charge in [0.15, 0.2) is 0 Å². The summed E-state index contributed by atoms with van der Waals surface area (Å²) < 4.78 is 37.7. The van der Waals surface area contributed by atoms with Gasteiger partial charge in [-0.05, 0) is 55.0 Å². The summed E-state index contributed by atoms with van der Waals surface area (Å²) in [5.74, 6) is 0.596. The summed E-state index contributed by atoms with van der Waals surface area (Å²) >= 11 is 0. The predicted molar refractivity (Wildman–Crippen MR) is 93.7 cm³/mol. The van der Waals surface area contributed by atoms with E-state index in [9.17, 15) is 13.2 Å². The van der Waals surface area contributed by atoms with Crippen molar-refractivity contribution in [1.29, 1.82) is 0 Å². The SMILES string of the molecule is COc1ccc(S(=O)(=O)Nc2ccc(N3CCOC3=O)cc2)c(C)c1. The van der Waals surface area contributed by atoms with Crippen LogP contribution in [0.15, 0.2) is 47.4 Å². The van der Waals surface area contributed by atoms with Crippen LogP contribution in [0.5, 0.6) is 5.75 Å². The molecule has 7 nitrogen and oxygen atoms in total. The van der Waals surface area contributed by atoms with Gasteiger partial charge in [-0.3, -0.25) is 9.62 Å². The second-order valence-electron chi connectivity index (χ2n) is 5.55. The zero-order chi connectivity index (χ0) is 18.0. The minimum atomic E-state index is -3.72. The number of nitrogens with one attached hydrogen (secondary N) is 1. The molecule has 2 aromatic carbocycles. The van der Waals surface area contributed by atoms with E-state index >= 15 is 0 Å². The molecule has 1 aliphatic rings. The van der Waals surface area contributed by atoms with E-state index in [4.69, 9.17) is 9.47 Å². The molecule has 1 heterocycles.